The number of hydrogen-bond acceptors (Lipinski definition) is 12. The Labute approximate surface area is 214 Å². The number of fused-ring (bicyclic) bond motifs is 2. The van der Waals surface area contributed by atoms with Crippen LogP contribution in [0.1, 0.15) is 44.3 Å². The van der Waals surface area contributed by atoms with Crippen molar-refractivity contribution in [3.05, 3.63) is 52.1 Å². The largest absolute Gasteiger partial charge is 0.508 e. The Morgan fingerprint density at radius 1 is 0.947 bits per heavy atom. The zero-order valence-corrected chi connectivity index (χ0v) is 20.0. The summed E-state index contributed by atoms with van der Waals surface area (Å²) in [6.07, 6.45) is -8.90. The number of hydrogen-bond donors (Lipinski definition) is 6. The summed E-state index contributed by atoms with van der Waals surface area (Å²) in [6, 6.07) is 4.69. The van der Waals surface area contributed by atoms with E-state index in [0.29, 0.717) is 5.56 Å². The molecule has 1 unspecified atom stereocenters. The average molecular weight is 532 g/mol. The highest BCUT2D eigenvalue weighted by molar-refractivity contribution is 6.30. The van der Waals surface area contributed by atoms with Crippen LogP contribution in [-0.4, -0.2) is 91.5 Å². The summed E-state index contributed by atoms with van der Waals surface area (Å²) >= 11 is 0. The highest BCUT2D eigenvalue weighted by Crippen LogP contribution is 2.40. The first-order valence-electron chi connectivity index (χ1n) is 11.4. The molecule has 1 fully saturated rings. The average Bonchev–Trinajstić information content (AvgIpc) is 2.85. The van der Waals surface area contributed by atoms with Gasteiger partial charge in [-0.15, -0.1) is 0 Å². The van der Waals surface area contributed by atoms with Crippen LogP contribution in [-0.2, 0) is 19.1 Å². The number of ketones is 2. The minimum Gasteiger partial charge on any atom is -0.508 e. The van der Waals surface area contributed by atoms with E-state index < -0.39 is 84.0 Å². The second kappa shape index (κ2) is 10.0. The van der Waals surface area contributed by atoms with Gasteiger partial charge in [0.05, 0.1) is 11.1 Å². The van der Waals surface area contributed by atoms with Gasteiger partial charge in [0.1, 0.15) is 48.3 Å². The summed E-state index contributed by atoms with van der Waals surface area (Å²) in [5, 5.41) is 60.5. The van der Waals surface area contributed by atoms with Gasteiger partial charge in [0, 0.05) is 17.2 Å². The molecule has 0 radical (unpaired) electrons. The Kier molecular flexibility index (Phi) is 7.12. The summed E-state index contributed by atoms with van der Waals surface area (Å²) in [5.41, 5.74) is -0.461. The van der Waals surface area contributed by atoms with E-state index in [0.717, 1.165) is 19.1 Å². The van der Waals surface area contributed by atoms with Crippen LogP contribution >= 0.6 is 0 Å². The Bertz CT molecular complexity index is 1330. The second-order valence-corrected chi connectivity index (χ2v) is 9.05. The molecule has 1 heterocycles. The number of aliphatic hydroxyl groups is 3. The summed E-state index contributed by atoms with van der Waals surface area (Å²) in [4.78, 5) is 49.3. The van der Waals surface area contributed by atoms with Gasteiger partial charge in [0.15, 0.2) is 11.7 Å². The first-order chi connectivity index (χ1) is 17.8. The Hall–Kier alpha value is -4.04. The van der Waals surface area contributed by atoms with E-state index >= 15 is 0 Å². The monoisotopic (exact) mass is 532 g/mol. The molecule has 0 amide bonds. The zero-order chi connectivity index (χ0) is 28.0. The fourth-order valence-electron chi connectivity index (χ4n) is 4.23. The topological polar surface area (TPSA) is 217 Å². The number of benzene rings is 2. The summed E-state index contributed by atoms with van der Waals surface area (Å²) < 4.78 is 15.9. The number of rotatable bonds is 6. The van der Waals surface area contributed by atoms with E-state index in [9.17, 15) is 44.7 Å². The van der Waals surface area contributed by atoms with Crippen LogP contribution in [0.3, 0.4) is 0 Å². The zero-order valence-electron chi connectivity index (χ0n) is 20.0. The molecule has 38 heavy (non-hydrogen) atoms. The molecule has 1 aliphatic carbocycles. The standard InChI is InChI=1S/C25H24O13/c1-8-3-11-16(13(27)4-8)20(30)17-12(18(11)28)5-10(26)6-14(17)37-25-22(32)21(31)19(29)15(38-25)7-36-24(35)9(2)23(33)34/h3-6,9,15,19,21-22,25-27,29,31-32H,7H2,1-2H3,(H,33,34)/t9?,15-,19-,21+,22-,25-/m1/s1. The van der Waals surface area contributed by atoms with E-state index in [4.69, 9.17) is 19.3 Å². The van der Waals surface area contributed by atoms with Crippen molar-refractivity contribution in [2.24, 2.45) is 5.92 Å². The van der Waals surface area contributed by atoms with Crippen LogP contribution in [0.15, 0.2) is 24.3 Å². The van der Waals surface area contributed by atoms with Crippen molar-refractivity contribution in [3.63, 3.8) is 0 Å². The van der Waals surface area contributed by atoms with Gasteiger partial charge in [-0.25, -0.2) is 0 Å². The second-order valence-electron chi connectivity index (χ2n) is 9.05. The lowest BCUT2D eigenvalue weighted by Crippen LogP contribution is -2.60. The molecule has 6 atom stereocenters. The van der Waals surface area contributed by atoms with E-state index in [1.807, 2.05) is 0 Å². The molecule has 2 aromatic rings. The van der Waals surface area contributed by atoms with Gasteiger partial charge < -0.3 is 44.8 Å². The quantitative estimate of drug-likeness (QED) is 0.177. The molecule has 1 aliphatic heterocycles. The van der Waals surface area contributed by atoms with Crippen LogP contribution in [0.25, 0.3) is 0 Å². The molecule has 6 N–H and O–H groups in total. The third-order valence-electron chi connectivity index (χ3n) is 6.32. The molecule has 0 spiro atoms. The van der Waals surface area contributed by atoms with Crippen LogP contribution in [0.5, 0.6) is 17.2 Å². The van der Waals surface area contributed by atoms with Crippen molar-refractivity contribution in [3.8, 4) is 17.2 Å². The molecule has 0 aromatic heterocycles. The Morgan fingerprint density at radius 2 is 1.61 bits per heavy atom. The number of carboxylic acids is 1. The third-order valence-corrected chi connectivity index (χ3v) is 6.32. The maximum absolute atomic E-state index is 13.3. The first kappa shape index (κ1) is 27.0. The van der Waals surface area contributed by atoms with Gasteiger partial charge in [-0.2, -0.15) is 0 Å². The lowest BCUT2D eigenvalue weighted by atomic mass is 9.82. The molecule has 2 aliphatic rings. The fraction of sp³-hybridized carbons (Fsp3) is 0.360. The predicted molar refractivity (Wildman–Crippen MR) is 123 cm³/mol. The summed E-state index contributed by atoms with van der Waals surface area (Å²) in [5.74, 6) is -7.00. The maximum atomic E-state index is 13.3. The molecule has 0 bridgehead atoms. The molecule has 4 rings (SSSR count). The highest BCUT2D eigenvalue weighted by Gasteiger charge is 2.46. The van der Waals surface area contributed by atoms with E-state index in [1.54, 1.807) is 6.92 Å². The van der Waals surface area contributed by atoms with Crippen molar-refractivity contribution in [1.82, 2.24) is 0 Å². The number of carbonyl (C=O) groups is 4. The SMILES string of the molecule is Cc1cc(O)c2c(c1)C(=O)c1cc(O)cc(O[C@@H]3O[C@H](COC(=O)C(C)C(=O)O)[C@@H](O)[C@H](O)[C@H]3O)c1C2=O. The van der Waals surface area contributed by atoms with E-state index in [1.165, 1.54) is 12.1 Å². The number of esters is 1. The molecular formula is C25H24O13. The van der Waals surface area contributed by atoms with Crippen molar-refractivity contribution >= 4 is 23.5 Å². The minimum atomic E-state index is -1.91. The van der Waals surface area contributed by atoms with Crippen molar-refractivity contribution in [2.45, 2.75) is 44.6 Å². The van der Waals surface area contributed by atoms with Crippen molar-refractivity contribution in [2.75, 3.05) is 6.61 Å². The Balaban J connectivity index is 1.64. The van der Waals surface area contributed by atoms with Gasteiger partial charge in [-0.1, -0.05) is 0 Å². The van der Waals surface area contributed by atoms with E-state index in [2.05, 4.69) is 0 Å². The lowest BCUT2D eigenvalue weighted by molar-refractivity contribution is -0.278. The molecule has 0 saturated carbocycles. The molecule has 13 heteroatoms. The summed E-state index contributed by atoms with van der Waals surface area (Å²) in [6.45, 7) is 1.97. The number of aliphatic hydroxyl groups excluding tert-OH is 3. The molecule has 202 valence electrons. The smallest absolute Gasteiger partial charge is 0.320 e. The number of aromatic hydroxyl groups is 2. The van der Waals surface area contributed by atoms with Gasteiger partial charge in [-0.05, 0) is 37.6 Å². The van der Waals surface area contributed by atoms with Crippen molar-refractivity contribution in [1.29, 1.82) is 0 Å². The predicted octanol–water partition coefficient (Wildman–Crippen LogP) is -0.368. The first-order valence-corrected chi connectivity index (χ1v) is 11.4. The normalized spacial score (nSPS) is 25.2. The van der Waals surface area contributed by atoms with Crippen LogP contribution in [0.4, 0.5) is 0 Å². The number of phenolic OH excluding ortho intramolecular Hbond substituents is 2. The molecule has 1 saturated heterocycles. The molecular weight excluding hydrogens is 508 g/mol. The molecule has 2 aromatic carbocycles. The lowest BCUT2D eigenvalue weighted by Gasteiger charge is -2.40. The van der Waals surface area contributed by atoms with Crippen LogP contribution < -0.4 is 4.74 Å². The fourth-order valence-corrected chi connectivity index (χ4v) is 4.23. The van der Waals surface area contributed by atoms with Crippen LogP contribution in [0, 0.1) is 12.8 Å². The van der Waals surface area contributed by atoms with E-state index in [-0.39, 0.29) is 22.3 Å². The van der Waals surface area contributed by atoms with Gasteiger partial charge in [-0.3, -0.25) is 19.2 Å². The number of aliphatic carboxylic acids is 1. The highest BCUT2D eigenvalue weighted by atomic mass is 16.7. The number of carboxylic acid groups (broad SMARTS) is 1. The summed E-state index contributed by atoms with van der Waals surface area (Å²) in [7, 11) is 0. The number of ether oxygens (including phenoxy) is 3. The van der Waals surface area contributed by atoms with Gasteiger partial charge >= 0.3 is 11.9 Å². The number of aryl methyl sites for hydroxylation is 1. The number of phenols is 2. The maximum Gasteiger partial charge on any atom is 0.320 e. The third kappa shape index (κ3) is 4.67. The van der Waals surface area contributed by atoms with Gasteiger partial charge in [0.25, 0.3) is 0 Å². The molecule has 13 nitrogen and oxygen atoms in total. The Morgan fingerprint density at radius 3 is 2.26 bits per heavy atom. The van der Waals surface area contributed by atoms with Crippen LogP contribution in [0.2, 0.25) is 0 Å². The number of carbonyl (C=O) groups excluding carboxylic acids is 3. The minimum absolute atomic E-state index is 0.0819. The van der Waals surface area contributed by atoms with Gasteiger partial charge in [0.2, 0.25) is 12.1 Å². The van der Waals surface area contributed by atoms with Crippen molar-refractivity contribution < 1.29 is 64.0 Å².